The summed E-state index contributed by atoms with van der Waals surface area (Å²) in [7, 11) is 0. The van der Waals surface area contributed by atoms with Gasteiger partial charge < -0.3 is 0 Å². The fourth-order valence-corrected chi connectivity index (χ4v) is 1.03. The first-order chi connectivity index (χ1) is 4.88. The standard InChI is InChI=1S/C9H11N/c1-3-8-6-4-5-7-9(8)10-2/h3,6-7H,1-2,4-5H2. The average molecular weight is 133 g/mol. The van der Waals surface area contributed by atoms with Crippen LogP contribution in [0.3, 0.4) is 0 Å². The summed E-state index contributed by atoms with van der Waals surface area (Å²) in [6.45, 7) is 7.16. The molecular weight excluding hydrogens is 122 g/mol. The number of aliphatic imine (C=N–C) groups is 1. The van der Waals surface area contributed by atoms with Crippen molar-refractivity contribution >= 4 is 6.72 Å². The molecule has 1 aliphatic rings. The van der Waals surface area contributed by atoms with Crippen LogP contribution < -0.4 is 0 Å². The van der Waals surface area contributed by atoms with Crippen molar-refractivity contribution in [1.82, 2.24) is 0 Å². The molecule has 0 radical (unpaired) electrons. The highest BCUT2D eigenvalue weighted by Crippen LogP contribution is 2.19. The molecule has 0 amide bonds. The molecule has 0 spiro atoms. The molecule has 0 heterocycles. The third kappa shape index (κ3) is 1.24. The maximum atomic E-state index is 3.87. The van der Waals surface area contributed by atoms with Crippen LogP contribution in [0.25, 0.3) is 0 Å². The molecule has 52 valence electrons. The van der Waals surface area contributed by atoms with Crippen LogP contribution in [0.1, 0.15) is 12.8 Å². The van der Waals surface area contributed by atoms with E-state index in [1.807, 2.05) is 6.08 Å². The molecule has 0 N–H and O–H groups in total. The molecule has 10 heavy (non-hydrogen) atoms. The molecule has 0 saturated heterocycles. The lowest BCUT2D eigenvalue weighted by Gasteiger charge is -2.06. The topological polar surface area (TPSA) is 12.4 Å². The van der Waals surface area contributed by atoms with E-state index in [4.69, 9.17) is 0 Å². The maximum absolute atomic E-state index is 3.87. The van der Waals surface area contributed by atoms with Gasteiger partial charge >= 0.3 is 0 Å². The normalized spacial score (nSPS) is 17.2. The summed E-state index contributed by atoms with van der Waals surface area (Å²) in [6, 6.07) is 0. The summed E-state index contributed by atoms with van der Waals surface area (Å²) >= 11 is 0. The predicted molar refractivity (Wildman–Crippen MR) is 45.1 cm³/mol. The summed E-state index contributed by atoms with van der Waals surface area (Å²) in [5, 5.41) is 0. The molecule has 0 saturated carbocycles. The van der Waals surface area contributed by atoms with Crippen molar-refractivity contribution in [2.75, 3.05) is 0 Å². The van der Waals surface area contributed by atoms with E-state index in [0.717, 1.165) is 24.1 Å². The molecular formula is C9H11N. The summed E-state index contributed by atoms with van der Waals surface area (Å²) in [4.78, 5) is 3.87. The molecule has 0 atom stereocenters. The van der Waals surface area contributed by atoms with Gasteiger partial charge in [-0.05, 0) is 25.1 Å². The maximum Gasteiger partial charge on any atom is 0.0651 e. The highest BCUT2D eigenvalue weighted by molar-refractivity contribution is 5.44. The lowest BCUT2D eigenvalue weighted by Crippen LogP contribution is -1.88. The summed E-state index contributed by atoms with van der Waals surface area (Å²) in [6.07, 6.45) is 8.22. The minimum atomic E-state index is 0.973. The zero-order valence-corrected chi connectivity index (χ0v) is 6.01. The second-order valence-corrected chi connectivity index (χ2v) is 2.19. The molecule has 0 aromatic heterocycles. The monoisotopic (exact) mass is 133 g/mol. The van der Waals surface area contributed by atoms with Crippen molar-refractivity contribution in [3.63, 3.8) is 0 Å². The molecule has 1 rings (SSSR count). The molecule has 1 heteroatoms. The van der Waals surface area contributed by atoms with E-state index in [2.05, 4.69) is 30.4 Å². The Bertz CT molecular complexity index is 185. The Morgan fingerprint density at radius 3 is 2.60 bits per heavy atom. The van der Waals surface area contributed by atoms with Crippen molar-refractivity contribution in [2.45, 2.75) is 12.8 Å². The molecule has 0 aromatic carbocycles. The van der Waals surface area contributed by atoms with Gasteiger partial charge in [-0.15, -0.1) is 0 Å². The van der Waals surface area contributed by atoms with Gasteiger partial charge in [0.15, 0.2) is 0 Å². The second-order valence-electron chi connectivity index (χ2n) is 2.19. The van der Waals surface area contributed by atoms with Crippen molar-refractivity contribution in [3.8, 4) is 0 Å². The fraction of sp³-hybridized carbons (Fsp3) is 0.222. The minimum Gasteiger partial charge on any atom is -0.264 e. The predicted octanol–water partition coefficient (Wildman–Crippen LogP) is 2.48. The van der Waals surface area contributed by atoms with Crippen molar-refractivity contribution < 1.29 is 0 Å². The molecule has 1 aliphatic carbocycles. The van der Waals surface area contributed by atoms with E-state index < -0.39 is 0 Å². The Morgan fingerprint density at radius 2 is 2.10 bits per heavy atom. The minimum absolute atomic E-state index is 0.973. The Morgan fingerprint density at radius 1 is 1.40 bits per heavy atom. The lowest BCUT2D eigenvalue weighted by atomic mass is 10.0. The van der Waals surface area contributed by atoms with Gasteiger partial charge in [0.25, 0.3) is 0 Å². The Labute approximate surface area is 61.5 Å². The number of allylic oxidation sites excluding steroid dienone is 3. The van der Waals surface area contributed by atoms with Gasteiger partial charge in [0.1, 0.15) is 0 Å². The highest BCUT2D eigenvalue weighted by Gasteiger charge is 2.01. The first kappa shape index (κ1) is 7.00. The third-order valence-electron chi connectivity index (χ3n) is 1.55. The van der Waals surface area contributed by atoms with Gasteiger partial charge in [-0.1, -0.05) is 24.8 Å². The van der Waals surface area contributed by atoms with Crippen LogP contribution in [0.2, 0.25) is 0 Å². The molecule has 1 nitrogen and oxygen atoms in total. The molecule has 0 unspecified atom stereocenters. The fourth-order valence-electron chi connectivity index (χ4n) is 1.03. The Balaban J connectivity index is 2.86. The number of rotatable bonds is 2. The highest BCUT2D eigenvalue weighted by atomic mass is 14.7. The van der Waals surface area contributed by atoms with E-state index in [0.29, 0.717) is 0 Å². The van der Waals surface area contributed by atoms with Crippen molar-refractivity contribution in [2.24, 2.45) is 4.99 Å². The summed E-state index contributed by atoms with van der Waals surface area (Å²) in [5.41, 5.74) is 2.09. The lowest BCUT2D eigenvalue weighted by molar-refractivity contribution is 0.996. The van der Waals surface area contributed by atoms with Gasteiger partial charge in [0.2, 0.25) is 0 Å². The molecule has 0 aromatic rings. The van der Waals surface area contributed by atoms with Gasteiger partial charge in [-0.25, -0.2) is 0 Å². The van der Waals surface area contributed by atoms with Crippen LogP contribution in [0, 0.1) is 0 Å². The first-order valence-electron chi connectivity index (χ1n) is 3.38. The van der Waals surface area contributed by atoms with E-state index in [-0.39, 0.29) is 0 Å². The second kappa shape index (κ2) is 3.16. The zero-order chi connectivity index (χ0) is 7.40. The zero-order valence-electron chi connectivity index (χ0n) is 6.01. The summed E-state index contributed by atoms with van der Waals surface area (Å²) < 4.78 is 0. The quantitative estimate of drug-likeness (QED) is 0.513. The smallest absolute Gasteiger partial charge is 0.0651 e. The third-order valence-corrected chi connectivity index (χ3v) is 1.55. The van der Waals surface area contributed by atoms with Crippen LogP contribution in [0.4, 0.5) is 0 Å². The van der Waals surface area contributed by atoms with Crippen LogP contribution >= 0.6 is 0 Å². The van der Waals surface area contributed by atoms with Gasteiger partial charge in [0.05, 0.1) is 5.70 Å². The Hall–Kier alpha value is -1.11. The molecule has 0 fully saturated rings. The van der Waals surface area contributed by atoms with Gasteiger partial charge in [-0.2, -0.15) is 0 Å². The molecule has 0 bridgehead atoms. The van der Waals surface area contributed by atoms with E-state index >= 15 is 0 Å². The Kier molecular flexibility index (Phi) is 2.21. The van der Waals surface area contributed by atoms with Crippen LogP contribution in [0.15, 0.2) is 41.1 Å². The number of hydrogen-bond acceptors (Lipinski definition) is 1. The van der Waals surface area contributed by atoms with E-state index in [9.17, 15) is 0 Å². The summed E-state index contributed by atoms with van der Waals surface area (Å²) in [5.74, 6) is 0. The van der Waals surface area contributed by atoms with Crippen LogP contribution in [-0.4, -0.2) is 6.72 Å². The van der Waals surface area contributed by atoms with Crippen molar-refractivity contribution in [1.29, 1.82) is 0 Å². The molecule has 0 aliphatic heterocycles. The van der Waals surface area contributed by atoms with Gasteiger partial charge in [-0.3, -0.25) is 4.99 Å². The number of nitrogens with zero attached hydrogens (tertiary/aromatic N) is 1. The van der Waals surface area contributed by atoms with Crippen molar-refractivity contribution in [3.05, 3.63) is 36.1 Å². The first-order valence-corrected chi connectivity index (χ1v) is 3.38. The SMILES string of the molecule is C=CC1=CCCC=C1N=C. The van der Waals surface area contributed by atoms with E-state index in [1.165, 1.54) is 0 Å². The van der Waals surface area contributed by atoms with Crippen LogP contribution in [0.5, 0.6) is 0 Å². The van der Waals surface area contributed by atoms with E-state index in [1.54, 1.807) is 0 Å². The van der Waals surface area contributed by atoms with Gasteiger partial charge in [0, 0.05) is 0 Å². The average Bonchev–Trinajstić information content (AvgIpc) is 2.04. The number of hydrogen-bond donors (Lipinski definition) is 0. The largest absolute Gasteiger partial charge is 0.264 e. The van der Waals surface area contributed by atoms with Crippen LogP contribution in [-0.2, 0) is 0 Å².